The molecular weight excluding hydrogens is 284 g/mol. The van der Waals surface area contributed by atoms with E-state index in [1.54, 1.807) is 0 Å². The quantitative estimate of drug-likeness (QED) is 0.846. The molecule has 0 aromatic carbocycles. The van der Waals surface area contributed by atoms with E-state index in [-0.39, 0.29) is 18.1 Å². The predicted molar refractivity (Wildman–Crippen MR) is 79.2 cm³/mol. The van der Waals surface area contributed by atoms with Gasteiger partial charge >= 0.3 is 0 Å². The second kappa shape index (κ2) is 7.19. The highest BCUT2D eigenvalue weighted by Crippen LogP contribution is 2.29. The minimum atomic E-state index is 0.0432. The molecule has 2 saturated heterocycles. The first-order valence-electron chi connectivity index (χ1n) is 8.21. The Morgan fingerprint density at radius 1 is 1.41 bits per heavy atom. The Morgan fingerprint density at radius 2 is 2.32 bits per heavy atom. The standard InChI is InChI=1S/C15H24N4O3/c1-2-14-17-15(18-22-14)12-6-3-7-19(12)10-13(20)16-9-11-5-4-8-21-11/h11-12H,2-10H2,1H3,(H,16,20)/t11-,12-/m1/s1. The molecule has 2 fully saturated rings. The Balaban J connectivity index is 1.50. The van der Waals surface area contributed by atoms with Crippen molar-refractivity contribution in [3.8, 4) is 0 Å². The average Bonchev–Trinajstić information content (AvgIpc) is 3.26. The summed E-state index contributed by atoms with van der Waals surface area (Å²) in [7, 11) is 0. The fourth-order valence-corrected chi connectivity index (χ4v) is 3.13. The molecule has 22 heavy (non-hydrogen) atoms. The lowest BCUT2D eigenvalue weighted by Gasteiger charge is -2.21. The Kier molecular flexibility index (Phi) is 5.04. The molecule has 3 rings (SSSR count). The molecule has 3 heterocycles. The summed E-state index contributed by atoms with van der Waals surface area (Å²) in [5.41, 5.74) is 0. The summed E-state index contributed by atoms with van der Waals surface area (Å²) in [6.07, 6.45) is 5.08. The van der Waals surface area contributed by atoms with Crippen LogP contribution in [0.2, 0.25) is 0 Å². The van der Waals surface area contributed by atoms with Gasteiger partial charge in [-0.2, -0.15) is 4.98 Å². The van der Waals surface area contributed by atoms with Crippen molar-refractivity contribution in [3.63, 3.8) is 0 Å². The van der Waals surface area contributed by atoms with Crippen LogP contribution in [-0.4, -0.2) is 53.3 Å². The van der Waals surface area contributed by atoms with Crippen LogP contribution in [0.25, 0.3) is 0 Å². The van der Waals surface area contributed by atoms with Crippen LogP contribution in [0.5, 0.6) is 0 Å². The van der Waals surface area contributed by atoms with E-state index in [4.69, 9.17) is 9.26 Å². The van der Waals surface area contributed by atoms with Crippen molar-refractivity contribution in [3.05, 3.63) is 11.7 Å². The Bertz CT molecular complexity index is 499. The maximum atomic E-state index is 12.1. The second-order valence-electron chi connectivity index (χ2n) is 5.97. The molecule has 2 aliphatic rings. The van der Waals surface area contributed by atoms with Gasteiger partial charge in [-0.1, -0.05) is 12.1 Å². The number of carbonyl (C=O) groups is 1. The number of aromatic nitrogens is 2. The predicted octanol–water partition coefficient (Wildman–Crippen LogP) is 1.06. The van der Waals surface area contributed by atoms with Crippen molar-refractivity contribution >= 4 is 5.91 Å². The third kappa shape index (κ3) is 3.64. The minimum absolute atomic E-state index is 0.0432. The monoisotopic (exact) mass is 308 g/mol. The maximum Gasteiger partial charge on any atom is 0.234 e. The molecule has 0 spiro atoms. The summed E-state index contributed by atoms with van der Waals surface area (Å²) in [5.74, 6) is 1.41. The molecule has 0 bridgehead atoms. The van der Waals surface area contributed by atoms with Gasteiger partial charge in [-0.05, 0) is 32.2 Å². The van der Waals surface area contributed by atoms with Crippen LogP contribution >= 0.6 is 0 Å². The lowest BCUT2D eigenvalue weighted by atomic mass is 10.2. The zero-order valence-electron chi connectivity index (χ0n) is 13.1. The van der Waals surface area contributed by atoms with E-state index in [0.29, 0.717) is 24.8 Å². The Hall–Kier alpha value is -1.47. The van der Waals surface area contributed by atoms with Gasteiger partial charge in [0.2, 0.25) is 11.8 Å². The molecule has 1 aromatic rings. The molecule has 1 amide bonds. The molecule has 2 atom stereocenters. The van der Waals surface area contributed by atoms with Crippen LogP contribution in [0.3, 0.4) is 0 Å². The summed E-state index contributed by atoms with van der Waals surface area (Å²) in [6.45, 7) is 4.69. The van der Waals surface area contributed by atoms with Crippen molar-refractivity contribution < 1.29 is 14.1 Å². The minimum Gasteiger partial charge on any atom is -0.376 e. The normalized spacial score (nSPS) is 25.7. The van der Waals surface area contributed by atoms with Gasteiger partial charge in [-0.3, -0.25) is 9.69 Å². The van der Waals surface area contributed by atoms with E-state index in [1.807, 2.05) is 6.92 Å². The zero-order chi connectivity index (χ0) is 15.4. The number of hydrogen-bond donors (Lipinski definition) is 1. The lowest BCUT2D eigenvalue weighted by molar-refractivity contribution is -0.123. The highest BCUT2D eigenvalue weighted by Gasteiger charge is 2.31. The number of nitrogens with zero attached hydrogens (tertiary/aromatic N) is 3. The van der Waals surface area contributed by atoms with Crippen LogP contribution < -0.4 is 5.32 Å². The van der Waals surface area contributed by atoms with Crippen LogP contribution in [-0.2, 0) is 16.0 Å². The SMILES string of the molecule is CCc1nc([C@H]2CCCN2CC(=O)NC[C@H]2CCCO2)no1. The zero-order valence-corrected chi connectivity index (χ0v) is 13.1. The van der Waals surface area contributed by atoms with Gasteiger partial charge in [0.25, 0.3) is 0 Å². The van der Waals surface area contributed by atoms with Crippen molar-refractivity contribution in [2.45, 2.75) is 51.2 Å². The van der Waals surface area contributed by atoms with Gasteiger partial charge in [0.05, 0.1) is 18.7 Å². The number of nitrogens with one attached hydrogen (secondary N) is 1. The average molecular weight is 308 g/mol. The molecule has 0 saturated carbocycles. The van der Waals surface area contributed by atoms with Crippen LogP contribution in [0.15, 0.2) is 4.52 Å². The molecule has 7 nitrogen and oxygen atoms in total. The number of carbonyl (C=O) groups excluding carboxylic acids is 1. The first kappa shape index (κ1) is 15.4. The highest BCUT2D eigenvalue weighted by molar-refractivity contribution is 5.78. The van der Waals surface area contributed by atoms with Gasteiger partial charge < -0.3 is 14.6 Å². The number of amides is 1. The van der Waals surface area contributed by atoms with Crippen molar-refractivity contribution in [1.82, 2.24) is 20.4 Å². The molecule has 0 radical (unpaired) electrons. The summed E-state index contributed by atoms with van der Waals surface area (Å²) in [4.78, 5) is 18.7. The molecule has 0 aliphatic carbocycles. The maximum absolute atomic E-state index is 12.1. The molecule has 0 unspecified atom stereocenters. The van der Waals surface area contributed by atoms with Gasteiger partial charge in [-0.25, -0.2) is 0 Å². The van der Waals surface area contributed by atoms with E-state index >= 15 is 0 Å². The first-order valence-corrected chi connectivity index (χ1v) is 8.21. The number of likely N-dealkylation sites (tertiary alicyclic amines) is 1. The largest absolute Gasteiger partial charge is 0.376 e. The van der Waals surface area contributed by atoms with Gasteiger partial charge in [0.1, 0.15) is 0 Å². The summed E-state index contributed by atoms with van der Waals surface area (Å²) in [6, 6.07) is 0.0949. The van der Waals surface area contributed by atoms with Crippen molar-refractivity contribution in [1.29, 1.82) is 0 Å². The summed E-state index contributed by atoms with van der Waals surface area (Å²) >= 11 is 0. The van der Waals surface area contributed by atoms with E-state index < -0.39 is 0 Å². The van der Waals surface area contributed by atoms with Crippen LogP contribution in [0, 0.1) is 0 Å². The number of hydrogen-bond acceptors (Lipinski definition) is 6. The molecule has 7 heteroatoms. The molecular formula is C15H24N4O3. The van der Waals surface area contributed by atoms with E-state index in [1.165, 1.54) is 0 Å². The molecule has 122 valence electrons. The lowest BCUT2D eigenvalue weighted by Crippen LogP contribution is -2.40. The second-order valence-corrected chi connectivity index (χ2v) is 5.97. The molecule has 1 aromatic heterocycles. The molecule has 2 aliphatic heterocycles. The summed E-state index contributed by atoms with van der Waals surface area (Å²) in [5, 5.41) is 7.03. The third-order valence-electron chi connectivity index (χ3n) is 4.35. The van der Waals surface area contributed by atoms with Gasteiger partial charge in [-0.15, -0.1) is 0 Å². The van der Waals surface area contributed by atoms with Crippen LogP contribution in [0.1, 0.15) is 50.4 Å². The van der Waals surface area contributed by atoms with Crippen molar-refractivity contribution in [2.75, 3.05) is 26.2 Å². The Morgan fingerprint density at radius 3 is 3.05 bits per heavy atom. The smallest absolute Gasteiger partial charge is 0.234 e. The molecule has 1 N–H and O–H groups in total. The highest BCUT2D eigenvalue weighted by atomic mass is 16.5. The van der Waals surface area contributed by atoms with Gasteiger partial charge in [0.15, 0.2) is 5.82 Å². The number of rotatable bonds is 6. The van der Waals surface area contributed by atoms with Crippen LogP contribution in [0.4, 0.5) is 0 Å². The van der Waals surface area contributed by atoms with E-state index in [0.717, 1.165) is 45.3 Å². The van der Waals surface area contributed by atoms with Crippen molar-refractivity contribution in [2.24, 2.45) is 0 Å². The fourth-order valence-electron chi connectivity index (χ4n) is 3.13. The third-order valence-corrected chi connectivity index (χ3v) is 4.35. The first-order chi connectivity index (χ1) is 10.8. The van der Waals surface area contributed by atoms with E-state index in [9.17, 15) is 4.79 Å². The Labute approximate surface area is 130 Å². The van der Waals surface area contributed by atoms with Gasteiger partial charge in [0, 0.05) is 19.6 Å². The topological polar surface area (TPSA) is 80.5 Å². The van der Waals surface area contributed by atoms with E-state index in [2.05, 4.69) is 20.4 Å². The fraction of sp³-hybridized carbons (Fsp3) is 0.800. The summed E-state index contributed by atoms with van der Waals surface area (Å²) < 4.78 is 10.7. The number of ether oxygens (including phenoxy) is 1. The number of aryl methyl sites for hydroxylation is 1.